The molecule has 1 aromatic carbocycles. The van der Waals surface area contributed by atoms with Gasteiger partial charge in [-0.2, -0.15) is 0 Å². The molecule has 0 saturated heterocycles. The number of unbranched alkanes of at least 4 members (excludes halogenated alkanes) is 1. The normalized spacial score (nSPS) is 18.8. The van der Waals surface area contributed by atoms with Gasteiger partial charge in [0.2, 0.25) is 0 Å². The first-order valence-electron chi connectivity index (χ1n) is 6.71. The summed E-state index contributed by atoms with van der Waals surface area (Å²) in [5.74, 6) is -0.522. The van der Waals surface area contributed by atoms with Crippen LogP contribution in [-0.2, 0) is 17.6 Å². The molecule has 3 heteroatoms. The number of aryl methyl sites for hydroxylation is 1. The van der Waals surface area contributed by atoms with Crippen molar-refractivity contribution in [2.24, 2.45) is 0 Å². The summed E-state index contributed by atoms with van der Waals surface area (Å²) in [6, 6.07) is 1.29. The summed E-state index contributed by atoms with van der Waals surface area (Å²) >= 11 is 0. The van der Waals surface area contributed by atoms with Crippen molar-refractivity contribution < 1.29 is 13.5 Å². The van der Waals surface area contributed by atoms with E-state index in [1.165, 1.54) is 6.07 Å². The van der Waals surface area contributed by atoms with Crippen molar-refractivity contribution in [1.29, 1.82) is 0 Å². The molecule has 2 rings (SSSR count). The molecule has 100 valence electrons. The average molecular weight is 254 g/mol. The Morgan fingerprint density at radius 1 is 1.33 bits per heavy atom. The fraction of sp³-hybridized carbons (Fsp3) is 0.600. The molecule has 0 aliphatic heterocycles. The van der Waals surface area contributed by atoms with Gasteiger partial charge in [-0.25, -0.2) is 8.78 Å². The van der Waals surface area contributed by atoms with Crippen LogP contribution in [0.3, 0.4) is 0 Å². The highest BCUT2D eigenvalue weighted by Gasteiger charge is 2.25. The zero-order valence-electron chi connectivity index (χ0n) is 11.1. The molecule has 1 aliphatic carbocycles. The molecule has 18 heavy (non-hydrogen) atoms. The monoisotopic (exact) mass is 254 g/mol. The van der Waals surface area contributed by atoms with Gasteiger partial charge in [0.25, 0.3) is 0 Å². The van der Waals surface area contributed by atoms with Gasteiger partial charge in [0, 0.05) is 13.0 Å². The molecule has 0 spiro atoms. The van der Waals surface area contributed by atoms with Crippen molar-refractivity contribution in [3.63, 3.8) is 0 Å². The zero-order valence-corrected chi connectivity index (χ0v) is 11.1. The van der Waals surface area contributed by atoms with Gasteiger partial charge in [-0.15, -0.1) is 0 Å². The maximum atomic E-state index is 13.9. The Hall–Kier alpha value is -0.960. The molecule has 0 amide bonds. The lowest BCUT2D eigenvalue weighted by Gasteiger charge is -2.26. The Bertz CT molecular complexity index is 429. The molecule has 1 atom stereocenters. The second-order valence-corrected chi connectivity index (χ2v) is 5.04. The smallest absolute Gasteiger partial charge is 0.129 e. The number of halogens is 2. The molecule has 0 fully saturated rings. The van der Waals surface area contributed by atoms with E-state index in [4.69, 9.17) is 4.74 Å². The van der Waals surface area contributed by atoms with E-state index in [0.717, 1.165) is 19.3 Å². The highest BCUT2D eigenvalue weighted by molar-refractivity contribution is 5.37. The van der Waals surface area contributed by atoms with Crippen LogP contribution in [0.1, 0.15) is 42.9 Å². The van der Waals surface area contributed by atoms with Gasteiger partial charge >= 0.3 is 0 Å². The van der Waals surface area contributed by atoms with Crippen LogP contribution in [0.5, 0.6) is 0 Å². The van der Waals surface area contributed by atoms with Crippen molar-refractivity contribution in [3.05, 3.63) is 34.4 Å². The zero-order chi connectivity index (χ0) is 13.1. The third-order valence-corrected chi connectivity index (χ3v) is 3.61. The Morgan fingerprint density at radius 3 is 2.83 bits per heavy atom. The van der Waals surface area contributed by atoms with Crippen LogP contribution in [-0.4, -0.2) is 12.7 Å². The maximum Gasteiger partial charge on any atom is 0.129 e. The summed E-state index contributed by atoms with van der Waals surface area (Å²) in [6.07, 6.45) is 4.02. The number of hydrogen-bond acceptors (Lipinski definition) is 1. The molecular formula is C15H20F2O. The van der Waals surface area contributed by atoms with Crippen molar-refractivity contribution >= 4 is 0 Å². The van der Waals surface area contributed by atoms with Gasteiger partial charge in [-0.1, -0.05) is 13.3 Å². The lowest BCUT2D eigenvalue weighted by Crippen LogP contribution is -2.25. The number of ether oxygens (including phenoxy) is 1. The third-order valence-electron chi connectivity index (χ3n) is 3.61. The number of benzene rings is 1. The topological polar surface area (TPSA) is 9.23 Å². The first-order chi connectivity index (χ1) is 8.63. The fourth-order valence-electron chi connectivity index (χ4n) is 2.51. The molecule has 0 bridgehead atoms. The summed E-state index contributed by atoms with van der Waals surface area (Å²) in [6.45, 7) is 4.44. The average Bonchev–Trinajstić information content (AvgIpc) is 2.36. The molecule has 0 heterocycles. The molecule has 0 radical (unpaired) electrons. The highest BCUT2D eigenvalue weighted by Crippen LogP contribution is 2.29. The molecule has 1 aromatic rings. The van der Waals surface area contributed by atoms with Gasteiger partial charge in [-0.3, -0.25) is 0 Å². The van der Waals surface area contributed by atoms with Crippen LogP contribution >= 0.6 is 0 Å². The van der Waals surface area contributed by atoms with E-state index in [9.17, 15) is 8.78 Å². The van der Waals surface area contributed by atoms with Gasteiger partial charge in [0.1, 0.15) is 11.6 Å². The van der Waals surface area contributed by atoms with Gasteiger partial charge < -0.3 is 4.74 Å². The molecular weight excluding hydrogens is 234 g/mol. The molecule has 0 N–H and O–H groups in total. The summed E-state index contributed by atoms with van der Waals surface area (Å²) in [5, 5.41) is 0. The first-order valence-corrected chi connectivity index (χ1v) is 6.71. The lowest BCUT2D eigenvalue weighted by atomic mass is 9.87. The number of hydrogen-bond donors (Lipinski definition) is 0. The van der Waals surface area contributed by atoms with E-state index in [-0.39, 0.29) is 17.7 Å². The fourth-order valence-corrected chi connectivity index (χ4v) is 2.51. The van der Waals surface area contributed by atoms with Crippen molar-refractivity contribution in [2.75, 3.05) is 6.61 Å². The lowest BCUT2D eigenvalue weighted by molar-refractivity contribution is 0.0414. The second-order valence-electron chi connectivity index (χ2n) is 5.04. The summed E-state index contributed by atoms with van der Waals surface area (Å²) in [5.41, 5.74) is 1.48. The van der Waals surface area contributed by atoms with Gasteiger partial charge in [-0.05, 0) is 48.9 Å². The molecule has 1 aliphatic rings. The highest BCUT2D eigenvalue weighted by atomic mass is 19.1. The summed E-state index contributed by atoms with van der Waals surface area (Å²) in [4.78, 5) is 0. The second kappa shape index (κ2) is 5.79. The van der Waals surface area contributed by atoms with E-state index in [1.807, 2.05) is 0 Å². The predicted molar refractivity (Wildman–Crippen MR) is 67.8 cm³/mol. The Kier molecular flexibility index (Phi) is 4.33. The van der Waals surface area contributed by atoms with Crippen LogP contribution in [0.15, 0.2) is 6.07 Å². The third kappa shape index (κ3) is 2.72. The minimum Gasteiger partial charge on any atom is -0.378 e. The van der Waals surface area contributed by atoms with Gasteiger partial charge in [0.15, 0.2) is 0 Å². The summed E-state index contributed by atoms with van der Waals surface area (Å²) in [7, 11) is 0. The van der Waals surface area contributed by atoms with Gasteiger partial charge in [0.05, 0.1) is 6.10 Å². The predicted octanol–water partition coefficient (Wildman–Crippen LogP) is 3.95. The van der Waals surface area contributed by atoms with E-state index in [2.05, 4.69) is 6.92 Å². The summed E-state index contributed by atoms with van der Waals surface area (Å²) < 4.78 is 33.5. The molecule has 1 unspecified atom stereocenters. The van der Waals surface area contributed by atoms with E-state index < -0.39 is 0 Å². The Labute approximate surface area is 107 Å². The quantitative estimate of drug-likeness (QED) is 0.739. The largest absolute Gasteiger partial charge is 0.378 e. The Balaban J connectivity index is 2.12. The van der Waals surface area contributed by atoms with E-state index in [1.54, 1.807) is 6.92 Å². The van der Waals surface area contributed by atoms with Crippen LogP contribution in [0, 0.1) is 18.6 Å². The van der Waals surface area contributed by atoms with Crippen LogP contribution < -0.4 is 0 Å². The molecule has 0 aromatic heterocycles. The minimum absolute atomic E-state index is 0.0423. The maximum absolute atomic E-state index is 13.9. The standard InChI is InChI=1S/C15H20F2O/c1-3-4-7-18-11-5-6-12-13(9-11)14(16)8-10(2)15(12)17/h8,11H,3-7,9H2,1-2H3. The van der Waals surface area contributed by atoms with Crippen LogP contribution in [0.25, 0.3) is 0 Å². The number of fused-ring (bicyclic) bond motifs is 1. The Morgan fingerprint density at radius 2 is 2.11 bits per heavy atom. The molecule has 1 nitrogen and oxygen atoms in total. The SMILES string of the molecule is CCCCOC1CCc2c(F)c(C)cc(F)c2C1. The van der Waals surface area contributed by atoms with E-state index >= 15 is 0 Å². The van der Waals surface area contributed by atoms with Crippen molar-refractivity contribution in [1.82, 2.24) is 0 Å². The van der Waals surface area contributed by atoms with Crippen molar-refractivity contribution in [3.8, 4) is 0 Å². The first kappa shape index (κ1) is 13.5. The van der Waals surface area contributed by atoms with Crippen LogP contribution in [0.2, 0.25) is 0 Å². The van der Waals surface area contributed by atoms with Crippen LogP contribution in [0.4, 0.5) is 8.78 Å². The van der Waals surface area contributed by atoms with Crippen molar-refractivity contribution in [2.45, 2.75) is 52.1 Å². The van der Waals surface area contributed by atoms with E-state index in [0.29, 0.717) is 36.1 Å². The minimum atomic E-state index is -0.285. The number of rotatable bonds is 4. The molecule has 0 saturated carbocycles.